The highest BCUT2D eigenvalue weighted by atomic mass is 32.2. The lowest BCUT2D eigenvalue weighted by Crippen LogP contribution is -2.40. The maximum atomic E-state index is 12.4. The third-order valence-electron chi connectivity index (χ3n) is 3.90. The number of nitrogens with one attached hydrogen (secondary N) is 1. The zero-order chi connectivity index (χ0) is 15.8. The van der Waals surface area contributed by atoms with Crippen molar-refractivity contribution in [2.45, 2.75) is 16.9 Å². The zero-order valence-electron chi connectivity index (χ0n) is 12.0. The lowest BCUT2D eigenvalue weighted by Gasteiger charge is -2.28. The Morgan fingerprint density at radius 2 is 1.86 bits per heavy atom. The molecule has 112 valence electrons. The van der Waals surface area contributed by atoms with Gasteiger partial charge < -0.3 is 4.74 Å². The predicted octanol–water partition coefficient (Wildman–Crippen LogP) is 2.25. The van der Waals surface area contributed by atoms with Crippen LogP contribution in [-0.4, -0.2) is 15.5 Å². The number of methoxy groups -OCH3 is 1. The molecule has 22 heavy (non-hydrogen) atoms. The van der Waals surface area contributed by atoms with Gasteiger partial charge in [-0.25, -0.2) is 8.42 Å². The summed E-state index contributed by atoms with van der Waals surface area (Å²) in [6.07, 6.45) is 5.75. The molecule has 3 rings (SSSR count). The standard InChI is InChI=1S/C17H15NO3S/c1-3-12-17(13-8-10-14(21-2)11-9-13)15-6-4-5-7-16(15)22(19,20)18-17/h1,4-11,18H,12H2,2H3/t17-/m0/s1. The highest BCUT2D eigenvalue weighted by Crippen LogP contribution is 2.43. The molecule has 1 atom stereocenters. The van der Waals surface area contributed by atoms with Crippen LogP contribution in [-0.2, 0) is 15.6 Å². The van der Waals surface area contributed by atoms with Crippen LogP contribution in [0.3, 0.4) is 0 Å². The number of fused-ring (bicyclic) bond motifs is 1. The van der Waals surface area contributed by atoms with Gasteiger partial charge in [0.05, 0.1) is 17.5 Å². The van der Waals surface area contributed by atoms with Crippen LogP contribution in [0.15, 0.2) is 53.4 Å². The maximum Gasteiger partial charge on any atom is 0.242 e. The quantitative estimate of drug-likeness (QED) is 0.884. The molecule has 1 N–H and O–H groups in total. The van der Waals surface area contributed by atoms with E-state index in [1.54, 1.807) is 37.4 Å². The van der Waals surface area contributed by atoms with Crippen molar-refractivity contribution in [3.63, 3.8) is 0 Å². The predicted molar refractivity (Wildman–Crippen MR) is 84.0 cm³/mol. The van der Waals surface area contributed by atoms with Gasteiger partial charge in [-0.2, -0.15) is 4.72 Å². The molecule has 0 spiro atoms. The summed E-state index contributed by atoms with van der Waals surface area (Å²) < 4.78 is 32.8. The van der Waals surface area contributed by atoms with Gasteiger partial charge >= 0.3 is 0 Å². The lowest BCUT2D eigenvalue weighted by molar-refractivity contribution is 0.413. The summed E-state index contributed by atoms with van der Waals surface area (Å²) in [5, 5.41) is 0. The second-order valence-electron chi connectivity index (χ2n) is 5.12. The van der Waals surface area contributed by atoms with Crippen molar-refractivity contribution in [2.24, 2.45) is 0 Å². The van der Waals surface area contributed by atoms with Gasteiger partial charge in [0, 0.05) is 6.42 Å². The van der Waals surface area contributed by atoms with Gasteiger partial charge in [-0.1, -0.05) is 30.3 Å². The Bertz CT molecular complexity index is 850. The summed E-state index contributed by atoms with van der Waals surface area (Å²) in [4.78, 5) is 0.279. The van der Waals surface area contributed by atoms with Gasteiger partial charge in [-0.3, -0.25) is 0 Å². The van der Waals surface area contributed by atoms with Crippen LogP contribution >= 0.6 is 0 Å². The molecule has 4 nitrogen and oxygen atoms in total. The Morgan fingerprint density at radius 1 is 1.18 bits per heavy atom. The monoisotopic (exact) mass is 313 g/mol. The first-order valence-electron chi connectivity index (χ1n) is 6.75. The molecule has 0 saturated carbocycles. The molecule has 0 aromatic heterocycles. The molecule has 2 aromatic carbocycles. The van der Waals surface area contributed by atoms with Crippen molar-refractivity contribution < 1.29 is 13.2 Å². The number of benzene rings is 2. The third kappa shape index (κ3) is 2.08. The van der Waals surface area contributed by atoms with Crippen molar-refractivity contribution in [1.82, 2.24) is 4.72 Å². The summed E-state index contributed by atoms with van der Waals surface area (Å²) in [6.45, 7) is 0. The van der Waals surface area contributed by atoms with E-state index in [2.05, 4.69) is 10.6 Å². The summed E-state index contributed by atoms with van der Waals surface area (Å²) in [5.41, 5.74) is 0.536. The van der Waals surface area contributed by atoms with Crippen molar-refractivity contribution in [3.05, 3.63) is 59.7 Å². The van der Waals surface area contributed by atoms with Gasteiger partial charge in [-0.05, 0) is 29.3 Å². The first kappa shape index (κ1) is 14.6. The number of sulfonamides is 1. The summed E-state index contributed by atoms with van der Waals surface area (Å²) in [6, 6.07) is 14.2. The average molecular weight is 313 g/mol. The lowest BCUT2D eigenvalue weighted by atomic mass is 9.81. The average Bonchev–Trinajstić information content (AvgIpc) is 2.77. The number of ether oxygens (including phenoxy) is 1. The fourth-order valence-corrected chi connectivity index (χ4v) is 4.53. The minimum atomic E-state index is -3.58. The highest BCUT2D eigenvalue weighted by Gasteiger charge is 2.47. The van der Waals surface area contributed by atoms with Crippen LogP contribution in [0, 0.1) is 12.3 Å². The topological polar surface area (TPSA) is 55.4 Å². The Labute approximate surface area is 130 Å². The van der Waals surface area contributed by atoms with E-state index in [-0.39, 0.29) is 11.3 Å². The minimum Gasteiger partial charge on any atom is -0.497 e. The maximum absolute atomic E-state index is 12.4. The highest BCUT2D eigenvalue weighted by molar-refractivity contribution is 7.89. The van der Waals surface area contributed by atoms with Crippen LogP contribution < -0.4 is 9.46 Å². The zero-order valence-corrected chi connectivity index (χ0v) is 12.9. The summed E-state index contributed by atoms with van der Waals surface area (Å²) in [7, 11) is -1.99. The summed E-state index contributed by atoms with van der Waals surface area (Å²) in [5.74, 6) is 3.30. The molecular weight excluding hydrogens is 298 g/mol. The molecule has 1 heterocycles. The number of terminal acetylenes is 1. The number of hydrogen-bond donors (Lipinski definition) is 1. The van der Waals surface area contributed by atoms with E-state index in [0.29, 0.717) is 11.3 Å². The van der Waals surface area contributed by atoms with Crippen molar-refractivity contribution in [1.29, 1.82) is 0 Å². The number of hydrogen-bond acceptors (Lipinski definition) is 3. The Balaban J connectivity index is 2.25. The van der Waals surface area contributed by atoms with Gasteiger partial charge in [-0.15, -0.1) is 12.3 Å². The van der Waals surface area contributed by atoms with E-state index < -0.39 is 15.6 Å². The molecule has 0 saturated heterocycles. The van der Waals surface area contributed by atoms with E-state index in [1.165, 1.54) is 0 Å². The third-order valence-corrected chi connectivity index (χ3v) is 5.45. The molecule has 0 amide bonds. The molecule has 0 bridgehead atoms. The van der Waals surface area contributed by atoms with Crippen molar-refractivity contribution in [3.8, 4) is 18.1 Å². The Morgan fingerprint density at radius 3 is 2.50 bits per heavy atom. The molecule has 2 aromatic rings. The fourth-order valence-electron chi connectivity index (χ4n) is 2.87. The SMILES string of the molecule is C#CC[C@@]1(c2ccc(OC)cc2)NS(=O)(=O)c2ccccc21. The number of rotatable bonds is 3. The van der Waals surface area contributed by atoms with Crippen LogP contribution in [0.25, 0.3) is 0 Å². The van der Waals surface area contributed by atoms with Gasteiger partial charge in [0.2, 0.25) is 10.0 Å². The minimum absolute atomic E-state index is 0.232. The van der Waals surface area contributed by atoms with Crippen molar-refractivity contribution in [2.75, 3.05) is 7.11 Å². The van der Waals surface area contributed by atoms with Crippen LogP contribution in [0.1, 0.15) is 17.5 Å². The van der Waals surface area contributed by atoms with Gasteiger partial charge in [0.25, 0.3) is 0 Å². The van der Waals surface area contributed by atoms with Gasteiger partial charge in [0.1, 0.15) is 5.75 Å². The van der Waals surface area contributed by atoms with E-state index in [0.717, 1.165) is 5.56 Å². The van der Waals surface area contributed by atoms with Crippen LogP contribution in [0.2, 0.25) is 0 Å². The van der Waals surface area contributed by atoms with E-state index >= 15 is 0 Å². The van der Waals surface area contributed by atoms with E-state index in [1.807, 2.05) is 18.2 Å². The molecule has 5 heteroatoms. The Kier molecular flexibility index (Phi) is 3.44. The first-order valence-corrected chi connectivity index (χ1v) is 8.23. The molecule has 1 aliphatic rings. The molecule has 0 aliphatic carbocycles. The van der Waals surface area contributed by atoms with E-state index in [9.17, 15) is 8.42 Å². The van der Waals surface area contributed by atoms with Crippen LogP contribution in [0.4, 0.5) is 0 Å². The van der Waals surface area contributed by atoms with Crippen LogP contribution in [0.5, 0.6) is 5.75 Å². The molecule has 0 unspecified atom stereocenters. The van der Waals surface area contributed by atoms with E-state index in [4.69, 9.17) is 11.2 Å². The molecular formula is C17H15NO3S. The summed E-state index contributed by atoms with van der Waals surface area (Å²) >= 11 is 0. The Hall–Kier alpha value is -2.29. The molecule has 0 radical (unpaired) electrons. The second kappa shape index (κ2) is 5.16. The molecule has 0 fully saturated rings. The largest absolute Gasteiger partial charge is 0.497 e. The first-order chi connectivity index (χ1) is 10.5. The second-order valence-corrected chi connectivity index (χ2v) is 6.77. The van der Waals surface area contributed by atoms with Gasteiger partial charge in [0.15, 0.2) is 0 Å². The normalized spacial score (nSPS) is 21.8. The molecule has 1 aliphatic heterocycles. The smallest absolute Gasteiger partial charge is 0.242 e. The van der Waals surface area contributed by atoms with Crippen molar-refractivity contribution >= 4 is 10.0 Å². The fraction of sp³-hybridized carbons (Fsp3) is 0.176.